The normalized spacial score (nSPS) is 19.6. The number of carbonyl (C=O) groups excluding carboxylic acids is 2. The van der Waals surface area contributed by atoms with Crippen LogP contribution < -0.4 is 0 Å². The summed E-state index contributed by atoms with van der Waals surface area (Å²) in [6.45, 7) is 3.27. The van der Waals surface area contributed by atoms with Crippen molar-refractivity contribution in [2.75, 3.05) is 19.6 Å². The van der Waals surface area contributed by atoms with E-state index >= 15 is 0 Å². The van der Waals surface area contributed by atoms with Gasteiger partial charge in [-0.2, -0.15) is 18.2 Å². The maximum absolute atomic E-state index is 12.9. The van der Waals surface area contributed by atoms with Gasteiger partial charge in [0, 0.05) is 37.7 Å². The van der Waals surface area contributed by atoms with E-state index in [4.69, 9.17) is 4.52 Å². The van der Waals surface area contributed by atoms with Gasteiger partial charge in [-0.15, -0.1) is 0 Å². The number of carbonyl (C=O) groups is 2. The average Bonchev–Trinajstić information content (AvgIpc) is 3.49. The lowest BCUT2D eigenvalue weighted by Crippen LogP contribution is -2.55. The summed E-state index contributed by atoms with van der Waals surface area (Å²) >= 11 is 0. The minimum absolute atomic E-state index is 0.0695. The molecule has 1 aliphatic carbocycles. The Kier molecular flexibility index (Phi) is 7.23. The summed E-state index contributed by atoms with van der Waals surface area (Å²) in [7, 11) is 0. The molecule has 0 radical (unpaired) electrons. The molecule has 1 aromatic carbocycles. The van der Waals surface area contributed by atoms with E-state index in [1.807, 2.05) is 11.8 Å². The third-order valence-corrected chi connectivity index (χ3v) is 6.76. The van der Waals surface area contributed by atoms with Crippen molar-refractivity contribution >= 4 is 11.8 Å². The first-order chi connectivity index (χ1) is 16.2. The van der Waals surface area contributed by atoms with Gasteiger partial charge in [0.15, 0.2) is 5.82 Å². The Labute approximate surface area is 196 Å². The van der Waals surface area contributed by atoms with E-state index in [2.05, 4.69) is 10.1 Å². The van der Waals surface area contributed by atoms with Crippen molar-refractivity contribution in [3.63, 3.8) is 0 Å². The van der Waals surface area contributed by atoms with Gasteiger partial charge >= 0.3 is 6.18 Å². The van der Waals surface area contributed by atoms with Crippen LogP contribution in [0.3, 0.4) is 0 Å². The molecule has 0 spiro atoms. The summed E-state index contributed by atoms with van der Waals surface area (Å²) < 4.78 is 43.9. The highest BCUT2D eigenvalue weighted by molar-refractivity contribution is 5.80. The highest BCUT2D eigenvalue weighted by Crippen LogP contribution is 2.32. The predicted molar refractivity (Wildman–Crippen MR) is 117 cm³/mol. The molecule has 2 fully saturated rings. The van der Waals surface area contributed by atoms with Crippen LogP contribution >= 0.6 is 0 Å². The molecule has 4 rings (SSSR count). The largest absolute Gasteiger partial charge is 0.416 e. The summed E-state index contributed by atoms with van der Waals surface area (Å²) in [5, 5.41) is 3.76. The number of hydrogen-bond donors (Lipinski definition) is 0. The molecule has 10 heteroatoms. The highest BCUT2D eigenvalue weighted by Gasteiger charge is 2.32. The van der Waals surface area contributed by atoms with E-state index in [-0.39, 0.29) is 41.6 Å². The van der Waals surface area contributed by atoms with Crippen LogP contribution in [0.2, 0.25) is 0 Å². The zero-order valence-corrected chi connectivity index (χ0v) is 19.2. The van der Waals surface area contributed by atoms with Crippen LogP contribution in [-0.2, 0) is 22.2 Å². The van der Waals surface area contributed by atoms with Gasteiger partial charge in [0.2, 0.25) is 11.8 Å². The Morgan fingerprint density at radius 2 is 1.91 bits per heavy atom. The van der Waals surface area contributed by atoms with Crippen LogP contribution in [0.25, 0.3) is 11.5 Å². The van der Waals surface area contributed by atoms with Gasteiger partial charge in [-0.25, -0.2) is 0 Å². The Bertz CT molecular complexity index is 1020. The fraction of sp³-hybridized carbons (Fsp3) is 0.583. The van der Waals surface area contributed by atoms with Crippen molar-refractivity contribution in [3.05, 3.63) is 35.7 Å². The molecule has 1 aromatic heterocycles. The number of benzene rings is 1. The van der Waals surface area contributed by atoms with Gasteiger partial charge in [0.05, 0.1) is 12.0 Å². The second-order valence-electron chi connectivity index (χ2n) is 9.24. The van der Waals surface area contributed by atoms with Crippen molar-refractivity contribution in [3.8, 4) is 11.5 Å². The topological polar surface area (TPSA) is 79.5 Å². The van der Waals surface area contributed by atoms with Crippen LogP contribution in [-0.4, -0.2) is 57.4 Å². The van der Waals surface area contributed by atoms with E-state index in [1.165, 1.54) is 37.8 Å². The second-order valence-corrected chi connectivity index (χ2v) is 9.24. The molecule has 1 atom stereocenters. The minimum Gasteiger partial charge on any atom is -0.338 e. The maximum Gasteiger partial charge on any atom is 0.416 e. The number of halogens is 3. The first-order valence-corrected chi connectivity index (χ1v) is 11.8. The molecule has 2 aliphatic rings. The number of aromatic nitrogens is 2. The molecular weight excluding hydrogens is 449 g/mol. The van der Waals surface area contributed by atoms with E-state index in [0.29, 0.717) is 32.0 Å². The van der Waals surface area contributed by atoms with E-state index < -0.39 is 11.7 Å². The lowest BCUT2D eigenvalue weighted by Gasteiger charge is -2.40. The molecule has 2 amide bonds. The SMILES string of the molecule is CC1CN(C(=O)Cc2noc(-c3cccc(C(F)(F)F)c3)n2)CCN1C(=O)CCC1CCCC1. The molecule has 184 valence electrons. The third-order valence-electron chi connectivity index (χ3n) is 6.76. The molecule has 2 heterocycles. The second kappa shape index (κ2) is 10.1. The van der Waals surface area contributed by atoms with E-state index in [9.17, 15) is 22.8 Å². The monoisotopic (exact) mass is 478 g/mol. The standard InChI is InChI=1S/C24H29F3N4O3/c1-16-15-30(11-12-31(16)21(32)10-9-17-5-2-3-6-17)22(33)14-20-28-23(34-29-20)18-7-4-8-19(13-18)24(25,26)27/h4,7-8,13,16-17H,2-3,5-6,9-12,14-15H2,1H3. The van der Waals surface area contributed by atoms with Gasteiger partial charge in [0.1, 0.15) is 0 Å². The Hall–Kier alpha value is -2.91. The lowest BCUT2D eigenvalue weighted by molar-refractivity contribution is -0.142. The zero-order chi connectivity index (χ0) is 24.3. The Morgan fingerprint density at radius 1 is 1.15 bits per heavy atom. The van der Waals surface area contributed by atoms with Crippen molar-refractivity contribution in [1.29, 1.82) is 0 Å². The van der Waals surface area contributed by atoms with Crippen molar-refractivity contribution in [2.24, 2.45) is 5.92 Å². The smallest absolute Gasteiger partial charge is 0.338 e. The van der Waals surface area contributed by atoms with Crippen LogP contribution in [0.4, 0.5) is 13.2 Å². The number of piperazine rings is 1. The van der Waals surface area contributed by atoms with Gasteiger partial charge in [-0.3, -0.25) is 9.59 Å². The number of rotatable bonds is 6. The molecule has 0 bridgehead atoms. The summed E-state index contributed by atoms with van der Waals surface area (Å²) in [5.41, 5.74) is -0.676. The quantitative estimate of drug-likeness (QED) is 0.618. The molecule has 0 N–H and O–H groups in total. The first kappa shape index (κ1) is 24.2. The molecule has 1 saturated carbocycles. The highest BCUT2D eigenvalue weighted by atomic mass is 19.4. The molecule has 1 unspecified atom stereocenters. The van der Waals surface area contributed by atoms with Crippen molar-refractivity contribution in [2.45, 2.75) is 64.1 Å². The molecular formula is C24H29F3N4O3. The lowest BCUT2D eigenvalue weighted by atomic mass is 10.0. The summed E-state index contributed by atoms with van der Waals surface area (Å²) in [6, 6.07) is 4.52. The maximum atomic E-state index is 12.9. The number of alkyl halides is 3. The number of hydrogen-bond acceptors (Lipinski definition) is 5. The Morgan fingerprint density at radius 3 is 2.62 bits per heavy atom. The van der Waals surface area contributed by atoms with Crippen LogP contribution in [0.5, 0.6) is 0 Å². The minimum atomic E-state index is -4.48. The van der Waals surface area contributed by atoms with E-state index in [1.54, 1.807) is 4.90 Å². The molecule has 34 heavy (non-hydrogen) atoms. The molecule has 1 saturated heterocycles. The van der Waals surface area contributed by atoms with Crippen molar-refractivity contribution < 1.29 is 27.3 Å². The third kappa shape index (κ3) is 5.77. The van der Waals surface area contributed by atoms with Crippen LogP contribution in [0.1, 0.15) is 56.8 Å². The summed E-state index contributed by atoms with van der Waals surface area (Å²) in [4.78, 5) is 33.1. The number of nitrogens with zero attached hydrogens (tertiary/aromatic N) is 4. The number of amides is 2. The molecule has 1 aliphatic heterocycles. The Balaban J connectivity index is 1.30. The average molecular weight is 479 g/mol. The fourth-order valence-corrected chi connectivity index (χ4v) is 4.84. The summed E-state index contributed by atoms with van der Waals surface area (Å²) in [5.74, 6) is 0.648. The molecule has 7 nitrogen and oxygen atoms in total. The first-order valence-electron chi connectivity index (χ1n) is 11.8. The fourth-order valence-electron chi connectivity index (χ4n) is 4.84. The van der Waals surface area contributed by atoms with Gasteiger partial charge in [-0.1, -0.05) is 36.9 Å². The van der Waals surface area contributed by atoms with E-state index in [0.717, 1.165) is 18.6 Å². The van der Waals surface area contributed by atoms with Gasteiger partial charge < -0.3 is 14.3 Å². The summed E-state index contributed by atoms with van der Waals surface area (Å²) in [6.07, 6.45) is 1.86. The predicted octanol–water partition coefficient (Wildman–Crippen LogP) is 4.33. The van der Waals surface area contributed by atoms with Crippen molar-refractivity contribution in [1.82, 2.24) is 19.9 Å². The van der Waals surface area contributed by atoms with Gasteiger partial charge in [0.25, 0.3) is 5.89 Å². The molecule has 2 aromatic rings. The van der Waals surface area contributed by atoms with Crippen LogP contribution in [0.15, 0.2) is 28.8 Å². The van der Waals surface area contributed by atoms with Gasteiger partial charge in [-0.05, 0) is 37.5 Å². The zero-order valence-electron chi connectivity index (χ0n) is 19.2. The van der Waals surface area contributed by atoms with Crippen LogP contribution in [0, 0.1) is 5.92 Å².